The van der Waals surface area contributed by atoms with Gasteiger partial charge in [-0.2, -0.15) is 0 Å². The van der Waals surface area contributed by atoms with E-state index in [-0.39, 0.29) is 0 Å². The maximum absolute atomic E-state index is 2.48. The molecule has 1 fully saturated rings. The van der Waals surface area contributed by atoms with Crippen LogP contribution in [0.2, 0.25) is 0 Å². The number of allylic oxidation sites excluding steroid dienone is 1. The molecule has 0 atom stereocenters. The van der Waals surface area contributed by atoms with Crippen molar-refractivity contribution in [3.8, 4) is 0 Å². The predicted molar refractivity (Wildman–Crippen MR) is 82.4 cm³/mol. The molecule has 0 spiro atoms. The Kier molecular flexibility index (Phi) is 3.49. The Bertz CT molecular complexity index is 490. The van der Waals surface area contributed by atoms with Crippen molar-refractivity contribution in [1.29, 1.82) is 0 Å². The Hall–Kier alpha value is -1.08. The normalized spacial score (nSPS) is 20.7. The molecule has 1 nitrogen and oxygen atoms in total. The van der Waals surface area contributed by atoms with Gasteiger partial charge in [0.05, 0.1) is 0 Å². The summed E-state index contributed by atoms with van der Waals surface area (Å²) in [6.45, 7) is 7.10. The Balaban J connectivity index is 1.77. The van der Waals surface area contributed by atoms with E-state index in [1.807, 2.05) is 0 Å². The molecule has 0 unspecified atom stereocenters. The summed E-state index contributed by atoms with van der Waals surface area (Å²) >= 11 is 0. The summed E-state index contributed by atoms with van der Waals surface area (Å²) in [5.41, 5.74) is 6.18. The predicted octanol–water partition coefficient (Wildman–Crippen LogP) is 4.09. The van der Waals surface area contributed by atoms with Gasteiger partial charge >= 0.3 is 0 Å². The van der Waals surface area contributed by atoms with Crippen molar-refractivity contribution in [2.75, 3.05) is 20.1 Å². The first-order valence-electron chi connectivity index (χ1n) is 7.65. The van der Waals surface area contributed by atoms with Gasteiger partial charge in [0.15, 0.2) is 0 Å². The highest BCUT2D eigenvalue weighted by Gasteiger charge is 2.21. The fourth-order valence-electron chi connectivity index (χ4n) is 3.36. The Morgan fingerprint density at radius 3 is 2.58 bits per heavy atom. The molecule has 0 amide bonds. The first-order valence-corrected chi connectivity index (χ1v) is 7.65. The number of benzene rings is 1. The van der Waals surface area contributed by atoms with Crippen molar-refractivity contribution in [1.82, 2.24) is 4.90 Å². The summed E-state index contributed by atoms with van der Waals surface area (Å²) in [6, 6.07) is 7.20. The van der Waals surface area contributed by atoms with Crippen LogP contribution in [0.5, 0.6) is 0 Å². The minimum atomic E-state index is 0.680. The lowest BCUT2D eigenvalue weighted by Crippen LogP contribution is -2.29. The summed E-state index contributed by atoms with van der Waals surface area (Å²) in [5, 5.41) is 0. The first kappa shape index (κ1) is 12.9. The lowest BCUT2D eigenvalue weighted by molar-refractivity contribution is 0.255. The zero-order valence-electron chi connectivity index (χ0n) is 12.4. The minimum Gasteiger partial charge on any atom is -0.306 e. The van der Waals surface area contributed by atoms with Crippen molar-refractivity contribution in [3.05, 3.63) is 40.5 Å². The van der Waals surface area contributed by atoms with Crippen LogP contribution in [0.3, 0.4) is 0 Å². The highest BCUT2D eigenvalue weighted by molar-refractivity contribution is 5.64. The van der Waals surface area contributed by atoms with Gasteiger partial charge < -0.3 is 4.90 Å². The van der Waals surface area contributed by atoms with Gasteiger partial charge in [0, 0.05) is 0 Å². The van der Waals surface area contributed by atoms with Crippen LogP contribution in [-0.4, -0.2) is 25.0 Å². The number of likely N-dealkylation sites (tertiary alicyclic amines) is 1. The second kappa shape index (κ2) is 5.13. The smallest absolute Gasteiger partial charge is 0.00159 e. The molecule has 1 aliphatic carbocycles. The average molecular weight is 255 g/mol. The summed E-state index contributed by atoms with van der Waals surface area (Å²) in [5.74, 6) is 1.46. The van der Waals surface area contributed by atoms with Crippen molar-refractivity contribution in [2.45, 2.75) is 39.0 Å². The number of fused-ring (bicyclic) bond motifs is 1. The van der Waals surface area contributed by atoms with Gasteiger partial charge in [0.25, 0.3) is 0 Å². The van der Waals surface area contributed by atoms with E-state index >= 15 is 0 Å². The minimum absolute atomic E-state index is 0.680. The highest BCUT2D eigenvalue weighted by atomic mass is 15.1. The monoisotopic (exact) mass is 255 g/mol. The molecule has 0 saturated carbocycles. The molecule has 2 aliphatic rings. The maximum atomic E-state index is 2.48. The zero-order chi connectivity index (χ0) is 13.4. The van der Waals surface area contributed by atoms with E-state index in [0.717, 1.165) is 5.92 Å². The van der Waals surface area contributed by atoms with Crippen LogP contribution < -0.4 is 0 Å². The van der Waals surface area contributed by atoms with Gasteiger partial charge in [-0.3, -0.25) is 0 Å². The lowest BCUT2D eigenvalue weighted by atomic mass is 9.88. The molecule has 0 radical (unpaired) electrons. The van der Waals surface area contributed by atoms with Crippen LogP contribution >= 0.6 is 0 Å². The quantitative estimate of drug-likeness (QED) is 0.769. The molecule has 1 aromatic rings. The van der Waals surface area contributed by atoms with E-state index in [1.165, 1.54) is 37.9 Å². The van der Waals surface area contributed by atoms with Crippen molar-refractivity contribution < 1.29 is 0 Å². The number of rotatable bonds is 2. The van der Waals surface area contributed by atoms with Gasteiger partial charge in [-0.15, -0.1) is 0 Å². The molecular weight excluding hydrogens is 230 g/mol. The van der Waals surface area contributed by atoms with Gasteiger partial charge in [-0.1, -0.05) is 43.7 Å². The van der Waals surface area contributed by atoms with Crippen LogP contribution in [-0.2, 0) is 6.42 Å². The average Bonchev–Trinajstić information content (AvgIpc) is 2.82. The molecule has 1 aromatic carbocycles. The largest absolute Gasteiger partial charge is 0.306 e. The van der Waals surface area contributed by atoms with Gasteiger partial charge in [0.1, 0.15) is 0 Å². The summed E-state index contributed by atoms with van der Waals surface area (Å²) in [4.78, 5) is 2.45. The second-order valence-electron chi connectivity index (χ2n) is 6.59. The highest BCUT2D eigenvalue weighted by Crippen LogP contribution is 2.34. The standard InChI is InChI=1S/C18H25N/c1-13(2)17-10-16-5-4-15(11-18(16)12-17)14-6-8-19(3)9-7-14/h4-5,10-11,13-14H,6-9,12H2,1-3H3. The molecule has 102 valence electrons. The molecule has 3 rings (SSSR count). The van der Waals surface area contributed by atoms with Gasteiger partial charge in [-0.05, 0) is 67.9 Å². The van der Waals surface area contributed by atoms with Crippen LogP contribution in [0.1, 0.15) is 49.3 Å². The number of hydrogen-bond acceptors (Lipinski definition) is 1. The molecular formula is C18H25N. The third kappa shape index (κ3) is 2.62. The second-order valence-corrected chi connectivity index (χ2v) is 6.59. The van der Waals surface area contributed by atoms with Crippen LogP contribution in [0.4, 0.5) is 0 Å². The van der Waals surface area contributed by atoms with Crippen LogP contribution in [0.25, 0.3) is 6.08 Å². The lowest BCUT2D eigenvalue weighted by Gasteiger charge is -2.29. The van der Waals surface area contributed by atoms with E-state index < -0.39 is 0 Å². The van der Waals surface area contributed by atoms with Crippen molar-refractivity contribution in [3.63, 3.8) is 0 Å². The Morgan fingerprint density at radius 2 is 1.89 bits per heavy atom. The summed E-state index contributed by atoms with van der Waals surface area (Å²) in [6.07, 6.45) is 6.21. The molecule has 1 heterocycles. The maximum Gasteiger partial charge on any atom is -0.00159 e. The van der Waals surface area contributed by atoms with E-state index in [2.05, 4.69) is 50.1 Å². The third-order valence-electron chi connectivity index (χ3n) is 4.83. The van der Waals surface area contributed by atoms with Crippen molar-refractivity contribution in [2.24, 2.45) is 5.92 Å². The SMILES string of the molecule is CC(C)C1=Cc2ccc(C3CCN(C)CC3)cc2C1. The van der Waals surface area contributed by atoms with Gasteiger partial charge in [0.2, 0.25) is 0 Å². The zero-order valence-corrected chi connectivity index (χ0v) is 12.4. The van der Waals surface area contributed by atoms with E-state index in [9.17, 15) is 0 Å². The van der Waals surface area contributed by atoms with Crippen LogP contribution in [0.15, 0.2) is 23.8 Å². The molecule has 19 heavy (non-hydrogen) atoms. The Labute approximate surface area is 117 Å². The first-order chi connectivity index (χ1) is 9.13. The number of piperidine rings is 1. The van der Waals surface area contributed by atoms with Crippen molar-refractivity contribution >= 4 is 6.08 Å². The summed E-state index contributed by atoms with van der Waals surface area (Å²) in [7, 11) is 2.23. The Morgan fingerprint density at radius 1 is 1.16 bits per heavy atom. The van der Waals surface area contributed by atoms with E-state index in [1.54, 1.807) is 16.7 Å². The van der Waals surface area contributed by atoms with Gasteiger partial charge in [-0.25, -0.2) is 0 Å². The van der Waals surface area contributed by atoms with E-state index in [0.29, 0.717) is 5.92 Å². The molecule has 1 aliphatic heterocycles. The molecule has 0 bridgehead atoms. The molecule has 1 heteroatoms. The molecule has 0 aromatic heterocycles. The molecule has 0 N–H and O–H groups in total. The molecule has 1 saturated heterocycles. The van der Waals surface area contributed by atoms with E-state index in [4.69, 9.17) is 0 Å². The fraction of sp³-hybridized carbons (Fsp3) is 0.556. The number of hydrogen-bond donors (Lipinski definition) is 0. The topological polar surface area (TPSA) is 3.24 Å². The third-order valence-corrected chi connectivity index (χ3v) is 4.83. The van der Waals surface area contributed by atoms with Crippen LogP contribution in [0, 0.1) is 5.92 Å². The number of nitrogens with zero attached hydrogens (tertiary/aromatic N) is 1. The fourth-order valence-corrected chi connectivity index (χ4v) is 3.36. The summed E-state index contributed by atoms with van der Waals surface area (Å²) < 4.78 is 0.